The zero-order valence-corrected chi connectivity index (χ0v) is 7.25. The van der Waals surface area contributed by atoms with E-state index in [1.165, 1.54) is 0 Å². The molecule has 1 aromatic heterocycles. The van der Waals surface area contributed by atoms with Crippen LogP contribution in [0.3, 0.4) is 0 Å². The normalized spacial score (nSPS) is 9.69. The van der Waals surface area contributed by atoms with Crippen LogP contribution in [0.15, 0.2) is 0 Å². The summed E-state index contributed by atoms with van der Waals surface area (Å²) in [6, 6.07) is 0. The predicted octanol–water partition coefficient (Wildman–Crippen LogP) is 0.548. The highest BCUT2D eigenvalue weighted by Crippen LogP contribution is 2.18. The second kappa shape index (κ2) is 3.44. The molecule has 1 heterocycles. The molecular weight excluding hydrogens is 200 g/mol. The van der Waals surface area contributed by atoms with Gasteiger partial charge in [0.1, 0.15) is 5.02 Å². The predicted molar refractivity (Wildman–Crippen MR) is 41.9 cm³/mol. The van der Waals surface area contributed by atoms with Gasteiger partial charge in [0, 0.05) is 0 Å². The highest BCUT2D eigenvalue weighted by Gasteiger charge is 2.21. The summed E-state index contributed by atoms with van der Waals surface area (Å²) in [6.45, 7) is 0. The van der Waals surface area contributed by atoms with Crippen molar-refractivity contribution in [1.82, 2.24) is 10.2 Å². The Hall–Kier alpha value is -1.56. The molecule has 1 rings (SSSR count). The number of aromatic amines is 1. The van der Waals surface area contributed by atoms with Crippen molar-refractivity contribution in [1.29, 1.82) is 0 Å². The number of halogens is 1. The summed E-state index contributed by atoms with van der Waals surface area (Å²) < 4.78 is 4.32. The summed E-state index contributed by atoms with van der Waals surface area (Å²) in [5.74, 6) is -2.07. The Morgan fingerprint density at radius 2 is 2.23 bits per heavy atom. The van der Waals surface area contributed by atoms with Gasteiger partial charge in [-0.1, -0.05) is 11.6 Å². The van der Waals surface area contributed by atoms with E-state index in [9.17, 15) is 9.59 Å². The summed E-state index contributed by atoms with van der Waals surface area (Å²) in [7, 11) is 1.15. The van der Waals surface area contributed by atoms with Crippen LogP contribution in [0.2, 0.25) is 5.02 Å². The van der Waals surface area contributed by atoms with E-state index < -0.39 is 17.6 Å². The van der Waals surface area contributed by atoms with E-state index in [0.717, 1.165) is 7.11 Å². The lowest BCUT2D eigenvalue weighted by Gasteiger charge is -1.93. The summed E-state index contributed by atoms with van der Waals surface area (Å²) in [6.07, 6.45) is 0. The van der Waals surface area contributed by atoms with Crippen LogP contribution in [0.4, 0.5) is 0 Å². The van der Waals surface area contributed by atoms with Crippen molar-refractivity contribution in [2.75, 3.05) is 7.11 Å². The Kier molecular flexibility index (Phi) is 2.52. The first-order chi connectivity index (χ1) is 6.07. The number of H-pyrrole nitrogens is 1. The van der Waals surface area contributed by atoms with Gasteiger partial charge in [0.15, 0.2) is 11.4 Å². The number of hydrogen-bond acceptors (Lipinski definition) is 4. The first-order valence-corrected chi connectivity index (χ1v) is 3.51. The van der Waals surface area contributed by atoms with Gasteiger partial charge in [-0.25, -0.2) is 9.59 Å². The van der Waals surface area contributed by atoms with Crippen LogP contribution >= 0.6 is 11.6 Å². The number of esters is 1. The topological polar surface area (TPSA) is 92.3 Å². The van der Waals surface area contributed by atoms with Crippen LogP contribution < -0.4 is 0 Å². The quantitative estimate of drug-likeness (QED) is 0.687. The van der Waals surface area contributed by atoms with Gasteiger partial charge < -0.3 is 9.84 Å². The number of methoxy groups -OCH3 is 1. The monoisotopic (exact) mass is 204 g/mol. The first kappa shape index (κ1) is 9.53. The van der Waals surface area contributed by atoms with E-state index in [1.54, 1.807) is 0 Å². The number of carbonyl (C=O) groups is 2. The van der Waals surface area contributed by atoms with Gasteiger partial charge in [-0.05, 0) is 0 Å². The lowest BCUT2D eigenvalue weighted by Crippen LogP contribution is -2.02. The van der Waals surface area contributed by atoms with Crippen LogP contribution in [-0.2, 0) is 4.74 Å². The highest BCUT2D eigenvalue weighted by atomic mass is 35.5. The molecule has 0 aromatic carbocycles. The fourth-order valence-corrected chi connectivity index (χ4v) is 0.950. The van der Waals surface area contributed by atoms with E-state index in [0.29, 0.717) is 0 Å². The third-order valence-corrected chi connectivity index (χ3v) is 1.67. The number of carboxylic acids is 1. The summed E-state index contributed by atoms with van der Waals surface area (Å²) in [5, 5.41) is 13.8. The maximum Gasteiger partial charge on any atom is 0.357 e. The fourth-order valence-electron chi connectivity index (χ4n) is 0.707. The lowest BCUT2D eigenvalue weighted by atomic mass is 10.3. The lowest BCUT2D eigenvalue weighted by molar-refractivity contribution is 0.0594. The number of carboxylic acid groups (broad SMARTS) is 1. The zero-order valence-electron chi connectivity index (χ0n) is 6.50. The van der Waals surface area contributed by atoms with E-state index in [-0.39, 0.29) is 10.7 Å². The number of hydrogen-bond donors (Lipinski definition) is 2. The van der Waals surface area contributed by atoms with Crippen molar-refractivity contribution in [3.8, 4) is 0 Å². The van der Waals surface area contributed by atoms with E-state index in [1.807, 2.05) is 0 Å². The molecule has 70 valence electrons. The second-order valence-corrected chi connectivity index (χ2v) is 2.44. The van der Waals surface area contributed by atoms with Crippen molar-refractivity contribution in [2.45, 2.75) is 0 Å². The number of nitrogens with one attached hydrogen (secondary N) is 1. The molecule has 0 spiro atoms. The molecule has 0 saturated heterocycles. The molecule has 2 N–H and O–H groups in total. The number of rotatable bonds is 2. The molecule has 0 aliphatic rings. The van der Waals surface area contributed by atoms with Gasteiger partial charge in [-0.15, -0.1) is 0 Å². The molecular formula is C6H5ClN2O4. The van der Waals surface area contributed by atoms with Crippen molar-refractivity contribution in [3.63, 3.8) is 0 Å². The molecule has 0 bridgehead atoms. The molecule has 0 amide bonds. The minimum Gasteiger partial charge on any atom is -0.476 e. The Bertz CT molecular complexity index is 360. The van der Waals surface area contributed by atoms with Crippen molar-refractivity contribution < 1.29 is 19.4 Å². The molecule has 0 fully saturated rings. The average molecular weight is 205 g/mol. The second-order valence-electron chi connectivity index (χ2n) is 2.06. The summed E-state index contributed by atoms with van der Waals surface area (Å²) in [4.78, 5) is 21.3. The maximum absolute atomic E-state index is 10.9. The number of nitrogens with zero attached hydrogens (tertiary/aromatic N) is 1. The molecule has 0 aliphatic heterocycles. The molecule has 0 atom stereocenters. The van der Waals surface area contributed by atoms with Gasteiger partial charge in [0.05, 0.1) is 7.11 Å². The summed E-state index contributed by atoms with van der Waals surface area (Å²) >= 11 is 5.52. The molecule has 7 heteroatoms. The Morgan fingerprint density at radius 1 is 1.62 bits per heavy atom. The van der Waals surface area contributed by atoms with Crippen LogP contribution in [0.5, 0.6) is 0 Å². The van der Waals surface area contributed by atoms with E-state index >= 15 is 0 Å². The van der Waals surface area contributed by atoms with Gasteiger partial charge >= 0.3 is 11.9 Å². The Balaban J connectivity index is 3.13. The average Bonchev–Trinajstić information content (AvgIpc) is 2.46. The Morgan fingerprint density at radius 3 is 2.62 bits per heavy atom. The molecule has 13 heavy (non-hydrogen) atoms. The standard InChI is InChI=1S/C6H5ClN2O4/c1-13-6(12)4-2(7)3(5(10)11)8-9-4/h1H3,(H,8,9)(H,10,11). The van der Waals surface area contributed by atoms with Crippen LogP contribution in [0.25, 0.3) is 0 Å². The number of ether oxygens (including phenoxy) is 1. The molecule has 1 aromatic rings. The van der Waals surface area contributed by atoms with Gasteiger partial charge in [-0.2, -0.15) is 5.10 Å². The minimum atomic E-state index is -1.31. The van der Waals surface area contributed by atoms with E-state index in [4.69, 9.17) is 16.7 Å². The number of carbonyl (C=O) groups excluding carboxylic acids is 1. The maximum atomic E-state index is 10.9. The van der Waals surface area contributed by atoms with Crippen molar-refractivity contribution in [2.24, 2.45) is 0 Å². The van der Waals surface area contributed by atoms with E-state index in [2.05, 4.69) is 14.9 Å². The fraction of sp³-hybridized carbons (Fsp3) is 0.167. The van der Waals surface area contributed by atoms with Crippen molar-refractivity contribution in [3.05, 3.63) is 16.4 Å². The molecule has 0 saturated carbocycles. The van der Waals surface area contributed by atoms with Gasteiger partial charge in [-0.3, -0.25) is 5.10 Å². The zero-order chi connectivity index (χ0) is 10.0. The Labute approximate surface area is 77.5 Å². The summed E-state index contributed by atoms with van der Waals surface area (Å²) in [5.41, 5.74) is -0.566. The van der Waals surface area contributed by atoms with Crippen LogP contribution in [0.1, 0.15) is 21.0 Å². The molecule has 0 unspecified atom stereocenters. The van der Waals surface area contributed by atoms with Gasteiger partial charge in [0.25, 0.3) is 0 Å². The smallest absolute Gasteiger partial charge is 0.357 e. The number of aromatic carboxylic acids is 1. The SMILES string of the molecule is COC(=O)c1[nH]nc(C(=O)O)c1Cl. The van der Waals surface area contributed by atoms with Gasteiger partial charge in [0.2, 0.25) is 0 Å². The van der Waals surface area contributed by atoms with Crippen LogP contribution in [-0.4, -0.2) is 34.4 Å². The molecule has 6 nitrogen and oxygen atoms in total. The minimum absolute atomic E-state index is 0.165. The third-order valence-electron chi connectivity index (χ3n) is 1.30. The highest BCUT2D eigenvalue weighted by molar-refractivity contribution is 6.35. The molecule has 0 radical (unpaired) electrons. The van der Waals surface area contributed by atoms with Crippen LogP contribution in [0, 0.1) is 0 Å². The molecule has 0 aliphatic carbocycles. The largest absolute Gasteiger partial charge is 0.476 e. The third kappa shape index (κ3) is 1.62. The van der Waals surface area contributed by atoms with Crippen molar-refractivity contribution >= 4 is 23.5 Å². The number of aromatic nitrogens is 2. The first-order valence-electron chi connectivity index (χ1n) is 3.13.